The first-order valence-electron chi connectivity index (χ1n) is 16.2. The Morgan fingerprint density at radius 3 is 1.47 bits per heavy atom. The van der Waals surface area contributed by atoms with E-state index in [4.69, 9.17) is 9.47 Å². The van der Waals surface area contributed by atoms with Gasteiger partial charge in [0.25, 0.3) is 0 Å². The molecule has 5 rings (SSSR count). The van der Waals surface area contributed by atoms with Crippen molar-refractivity contribution in [3.05, 3.63) is 82.8 Å². The van der Waals surface area contributed by atoms with E-state index >= 15 is 0 Å². The van der Waals surface area contributed by atoms with Crippen molar-refractivity contribution >= 4 is 22.2 Å². The number of carbonyl (C=O) groups excluding carboxylic acids is 1. The van der Waals surface area contributed by atoms with E-state index in [1.54, 1.807) is 0 Å². The highest BCUT2D eigenvalue weighted by molar-refractivity contribution is 9.10. The summed E-state index contributed by atoms with van der Waals surface area (Å²) in [6.45, 7) is 14.1. The van der Waals surface area contributed by atoms with Gasteiger partial charge in [0.15, 0.2) is 0 Å². The van der Waals surface area contributed by atoms with E-state index in [-0.39, 0.29) is 0 Å². The molecule has 3 aromatic rings. The molecule has 0 unspecified atom stereocenters. The fourth-order valence-electron chi connectivity index (χ4n) is 6.51. The molecular weight excluding hydrogens is 596 g/mol. The van der Waals surface area contributed by atoms with Gasteiger partial charge >= 0.3 is 0 Å². The summed E-state index contributed by atoms with van der Waals surface area (Å²) >= 11 is 3.44. The van der Waals surface area contributed by atoms with Gasteiger partial charge in [-0.3, -0.25) is 4.79 Å². The molecule has 43 heavy (non-hydrogen) atoms. The molecule has 232 valence electrons. The highest BCUT2D eigenvalue weighted by Gasteiger charge is 2.31. The third kappa shape index (κ3) is 10.2. The van der Waals surface area contributed by atoms with Gasteiger partial charge in [0, 0.05) is 10.0 Å². The van der Waals surface area contributed by atoms with Crippen molar-refractivity contribution in [1.29, 1.82) is 0 Å². The maximum Gasteiger partial charge on any atom is 0.150 e. The largest absolute Gasteiger partial charge is 0.490 e. The van der Waals surface area contributed by atoms with Crippen LogP contribution in [0.3, 0.4) is 0 Å². The quantitative estimate of drug-likeness (QED) is 0.250. The van der Waals surface area contributed by atoms with Gasteiger partial charge < -0.3 is 9.47 Å². The molecule has 0 N–H and O–H groups in total. The second-order valence-corrected chi connectivity index (χ2v) is 15.6. The molecule has 3 nitrogen and oxygen atoms in total. The van der Waals surface area contributed by atoms with E-state index in [2.05, 4.69) is 69.6 Å². The first kappa shape index (κ1) is 33.3. The smallest absolute Gasteiger partial charge is 0.150 e. The van der Waals surface area contributed by atoms with Crippen LogP contribution in [0, 0.1) is 22.7 Å². The third-order valence-electron chi connectivity index (χ3n) is 9.43. The summed E-state index contributed by atoms with van der Waals surface area (Å²) in [4.78, 5) is 10.9. The molecule has 2 aliphatic rings. The van der Waals surface area contributed by atoms with Crippen LogP contribution in [-0.2, 0) is 0 Å². The lowest BCUT2D eigenvalue weighted by atomic mass is 9.72. The lowest BCUT2D eigenvalue weighted by Gasteiger charge is -2.36. The molecule has 2 fully saturated rings. The Kier molecular flexibility index (Phi) is 11.6. The maximum atomic E-state index is 10.9. The van der Waals surface area contributed by atoms with Crippen LogP contribution in [0.25, 0.3) is 11.1 Å². The van der Waals surface area contributed by atoms with Crippen molar-refractivity contribution in [3.63, 3.8) is 0 Å². The van der Waals surface area contributed by atoms with Crippen LogP contribution >= 0.6 is 15.9 Å². The standard InChI is InChI=1S/C23H28O2.C16H23BrO/c1-23(2,3)20-9-13-22(14-10-20)25-21-11-7-18(8-12-21)19-6-4-5-17(15-19)16-24;1-16(2,3)12-4-8-14(9-5-12)18-15-10-6-13(17)7-11-15/h4-8,11-12,15-16,20,22H,9-10,13-14H2,1-3H3;6-7,10-12,14H,4-5,8-9H2,1-3H3. The van der Waals surface area contributed by atoms with Crippen molar-refractivity contribution in [3.8, 4) is 22.6 Å². The highest BCUT2D eigenvalue weighted by atomic mass is 79.9. The molecule has 3 aromatic carbocycles. The summed E-state index contributed by atoms with van der Waals surface area (Å²) in [5.74, 6) is 3.59. The van der Waals surface area contributed by atoms with E-state index < -0.39 is 0 Å². The van der Waals surface area contributed by atoms with E-state index in [1.165, 1.54) is 38.5 Å². The van der Waals surface area contributed by atoms with Crippen molar-refractivity contribution in [1.82, 2.24) is 0 Å². The van der Waals surface area contributed by atoms with Gasteiger partial charge in [0.05, 0.1) is 12.2 Å². The topological polar surface area (TPSA) is 35.5 Å². The number of benzene rings is 3. The van der Waals surface area contributed by atoms with E-state index in [0.717, 1.165) is 58.1 Å². The minimum atomic E-state index is 0.336. The van der Waals surface area contributed by atoms with Crippen LogP contribution in [0.5, 0.6) is 11.5 Å². The van der Waals surface area contributed by atoms with Crippen molar-refractivity contribution < 1.29 is 14.3 Å². The molecule has 2 aliphatic carbocycles. The monoisotopic (exact) mass is 646 g/mol. The van der Waals surface area contributed by atoms with E-state index in [1.807, 2.05) is 60.7 Å². The lowest BCUT2D eigenvalue weighted by molar-refractivity contribution is 0.0880. The van der Waals surface area contributed by atoms with Gasteiger partial charge in [-0.2, -0.15) is 0 Å². The normalized spacial score (nSPS) is 22.6. The SMILES string of the molecule is CC(C)(C)C1CCC(Oc2ccc(-c3cccc(C=O)c3)cc2)CC1.CC(C)(C)C1CCC(Oc2ccc(Br)cc2)CC1. The Balaban J connectivity index is 0.000000208. The fraction of sp³-hybridized carbons (Fsp3) is 0.513. The minimum absolute atomic E-state index is 0.336. The van der Waals surface area contributed by atoms with Crippen LogP contribution in [0.1, 0.15) is 103 Å². The molecule has 0 atom stereocenters. The predicted octanol–water partition coefficient (Wildman–Crippen LogP) is 11.6. The summed E-state index contributed by atoms with van der Waals surface area (Å²) in [5, 5.41) is 0. The summed E-state index contributed by atoms with van der Waals surface area (Å²) in [6, 6.07) is 24.1. The molecule has 0 heterocycles. The van der Waals surface area contributed by atoms with Crippen molar-refractivity contribution in [2.75, 3.05) is 0 Å². The van der Waals surface area contributed by atoms with Gasteiger partial charge in [-0.25, -0.2) is 0 Å². The van der Waals surface area contributed by atoms with Crippen molar-refractivity contribution in [2.24, 2.45) is 22.7 Å². The Morgan fingerprint density at radius 2 is 1.05 bits per heavy atom. The highest BCUT2D eigenvalue weighted by Crippen LogP contribution is 2.40. The number of rotatable bonds is 6. The van der Waals surface area contributed by atoms with E-state index in [9.17, 15) is 4.79 Å². The molecule has 4 heteroatoms. The zero-order valence-corrected chi connectivity index (χ0v) is 28.7. The summed E-state index contributed by atoms with van der Waals surface area (Å²) < 4.78 is 13.3. The first-order chi connectivity index (χ1) is 20.4. The van der Waals surface area contributed by atoms with Gasteiger partial charge in [-0.15, -0.1) is 0 Å². The maximum absolute atomic E-state index is 10.9. The van der Waals surface area contributed by atoms with Crippen molar-refractivity contribution in [2.45, 2.75) is 105 Å². The Bertz CT molecular complexity index is 1270. The third-order valence-corrected chi connectivity index (χ3v) is 9.96. The average molecular weight is 648 g/mol. The Labute approximate surface area is 268 Å². The zero-order valence-electron chi connectivity index (χ0n) is 27.1. The molecule has 0 spiro atoms. The molecule has 0 bridgehead atoms. The molecule has 0 radical (unpaired) electrons. The van der Waals surface area contributed by atoms with Crippen LogP contribution in [0.15, 0.2) is 77.3 Å². The van der Waals surface area contributed by atoms with Crippen LogP contribution < -0.4 is 9.47 Å². The summed E-state index contributed by atoms with van der Waals surface area (Å²) in [5.41, 5.74) is 3.72. The summed E-state index contributed by atoms with van der Waals surface area (Å²) in [6.07, 6.45) is 11.4. The Morgan fingerprint density at radius 1 is 0.605 bits per heavy atom. The van der Waals surface area contributed by atoms with Gasteiger partial charge in [0.2, 0.25) is 0 Å². The number of ether oxygens (including phenoxy) is 2. The number of aldehydes is 1. The molecule has 0 amide bonds. The molecule has 0 aliphatic heterocycles. The van der Waals surface area contributed by atoms with Gasteiger partial charge in [-0.1, -0.05) is 87.8 Å². The second kappa shape index (κ2) is 14.9. The minimum Gasteiger partial charge on any atom is -0.490 e. The van der Waals surface area contributed by atoms with Gasteiger partial charge in [-0.05, 0) is 128 Å². The van der Waals surface area contributed by atoms with Crippen LogP contribution in [-0.4, -0.2) is 18.5 Å². The zero-order chi connectivity index (χ0) is 31.0. The van der Waals surface area contributed by atoms with Gasteiger partial charge in [0.1, 0.15) is 17.8 Å². The summed E-state index contributed by atoms with van der Waals surface area (Å²) in [7, 11) is 0. The van der Waals surface area contributed by atoms with Crippen LogP contribution in [0.2, 0.25) is 0 Å². The fourth-order valence-corrected chi connectivity index (χ4v) is 6.77. The number of hydrogen-bond donors (Lipinski definition) is 0. The molecule has 2 saturated carbocycles. The molecule has 0 aromatic heterocycles. The average Bonchev–Trinajstić information content (AvgIpc) is 2.99. The number of halogens is 1. The Hall–Kier alpha value is -2.59. The second-order valence-electron chi connectivity index (χ2n) is 14.6. The van der Waals surface area contributed by atoms with Crippen LogP contribution in [0.4, 0.5) is 0 Å². The molecule has 0 saturated heterocycles. The molecular formula is C39H51BrO3. The number of carbonyl (C=O) groups is 1. The predicted molar refractivity (Wildman–Crippen MR) is 183 cm³/mol. The van der Waals surface area contributed by atoms with E-state index in [0.29, 0.717) is 28.6 Å². The number of hydrogen-bond acceptors (Lipinski definition) is 3. The lowest BCUT2D eigenvalue weighted by Crippen LogP contribution is -2.30. The first-order valence-corrected chi connectivity index (χ1v) is 16.9.